The van der Waals surface area contributed by atoms with Crippen molar-refractivity contribution in [2.45, 2.75) is 357 Å². The molecule has 0 radical (unpaired) electrons. The lowest BCUT2D eigenvalue weighted by molar-refractivity contribution is -0.359. The van der Waals surface area contributed by atoms with E-state index >= 15 is 0 Å². The van der Waals surface area contributed by atoms with E-state index in [9.17, 15) is 45.6 Å². The van der Waals surface area contributed by atoms with Gasteiger partial charge in [0.25, 0.3) is 0 Å². The molecule has 0 spiro atoms. The number of carbonyl (C=O) groups is 1. The molecule has 2 heterocycles. The summed E-state index contributed by atoms with van der Waals surface area (Å²) in [4.78, 5) is 13.3. The van der Waals surface area contributed by atoms with Crippen LogP contribution in [0.25, 0.3) is 0 Å². The number of nitrogens with one attached hydrogen (secondary N) is 1. The van der Waals surface area contributed by atoms with Crippen LogP contribution in [0.2, 0.25) is 0 Å². The quantitative estimate of drug-likeness (QED) is 0.0204. The number of hydrogen-bond acceptors (Lipinski definition) is 13. The molecule has 0 aromatic rings. The first-order valence-electron chi connectivity index (χ1n) is 31.9. The molecular weight excluding hydrogens is 967 g/mol. The average Bonchev–Trinajstić information content (AvgIpc) is 3.42. The Balaban J connectivity index is 1.74. The summed E-state index contributed by atoms with van der Waals surface area (Å²) in [6.45, 7) is 2.85. The monoisotopic (exact) mass is 1090 g/mol. The lowest BCUT2D eigenvalue weighted by Crippen LogP contribution is -2.65. The molecule has 2 aliphatic rings. The molecule has 0 aliphatic carbocycles. The van der Waals surface area contributed by atoms with E-state index in [1.165, 1.54) is 218 Å². The van der Waals surface area contributed by atoms with E-state index in [1.54, 1.807) is 6.08 Å². The fourth-order valence-corrected chi connectivity index (χ4v) is 10.8. The van der Waals surface area contributed by atoms with Gasteiger partial charge in [0.15, 0.2) is 12.6 Å². The maximum Gasteiger partial charge on any atom is 0.220 e. The van der Waals surface area contributed by atoms with Gasteiger partial charge in [-0.25, -0.2) is 0 Å². The Morgan fingerprint density at radius 2 is 0.816 bits per heavy atom. The summed E-state index contributed by atoms with van der Waals surface area (Å²) in [6, 6.07) is -0.910. The minimum Gasteiger partial charge on any atom is -0.394 e. The SMILES string of the molecule is CCCCCCCCCCCCCCCCCCCCC/C=C/C(O)C(COC1OC(CO)C(OC2OC(CO)C(O)C(O)C2O)C(O)C1O)NC(=O)CCCCCCCCCCCCCCCCCCCCCCC. The third-order valence-electron chi connectivity index (χ3n) is 16.0. The fourth-order valence-electron chi connectivity index (χ4n) is 10.8. The molecule has 1 amide bonds. The highest BCUT2D eigenvalue weighted by atomic mass is 16.7. The maximum atomic E-state index is 13.3. The van der Waals surface area contributed by atoms with Crippen molar-refractivity contribution in [3.8, 4) is 0 Å². The van der Waals surface area contributed by atoms with Gasteiger partial charge in [0.1, 0.15) is 48.8 Å². The predicted octanol–water partition coefficient (Wildman–Crippen LogP) is 11.5. The van der Waals surface area contributed by atoms with Gasteiger partial charge in [0.2, 0.25) is 5.91 Å². The van der Waals surface area contributed by atoms with E-state index in [-0.39, 0.29) is 18.9 Å². The number of unbranched alkanes of at least 4 members (excludes halogenated alkanes) is 39. The molecule has 2 aliphatic heterocycles. The number of aliphatic hydroxyl groups excluding tert-OH is 8. The molecule has 0 aromatic carbocycles. The Labute approximate surface area is 463 Å². The van der Waals surface area contributed by atoms with Gasteiger partial charge in [-0.1, -0.05) is 270 Å². The second-order valence-electron chi connectivity index (χ2n) is 22.9. The number of rotatable bonds is 52. The second kappa shape index (κ2) is 48.4. The van der Waals surface area contributed by atoms with E-state index in [1.807, 2.05) is 6.08 Å². The molecule has 0 bridgehead atoms. The summed E-state index contributed by atoms with van der Waals surface area (Å²) in [5.74, 6) is -0.232. The van der Waals surface area contributed by atoms with E-state index in [4.69, 9.17) is 18.9 Å². The van der Waals surface area contributed by atoms with Gasteiger partial charge < -0.3 is 65.1 Å². The first-order chi connectivity index (χ1) is 37.1. The highest BCUT2D eigenvalue weighted by Crippen LogP contribution is 2.30. The first kappa shape index (κ1) is 70.8. The zero-order chi connectivity index (χ0) is 55.3. The molecule has 9 N–H and O–H groups in total. The minimum absolute atomic E-state index is 0.232. The standard InChI is InChI=1S/C62H119NO13/c1-3-5-7-9-11-13-15-17-19-21-23-25-27-29-31-33-35-37-39-41-43-45-51(66)50(49-73-61-59(72)57(70)60(53(48-65)75-61)76-62-58(71)56(69)55(68)52(47-64)74-62)63-54(67)46-44-42-40-38-36-34-32-30-28-26-24-22-20-18-16-14-12-10-8-6-4-2/h43,45,50-53,55-62,64-66,68-72H,3-42,44,46-49H2,1-2H3,(H,63,67)/b45-43+. The summed E-state index contributed by atoms with van der Waals surface area (Å²) in [7, 11) is 0. The second-order valence-corrected chi connectivity index (χ2v) is 22.9. The molecule has 2 fully saturated rings. The first-order valence-corrected chi connectivity index (χ1v) is 31.9. The lowest BCUT2D eigenvalue weighted by atomic mass is 9.97. The molecular formula is C62H119NO13. The van der Waals surface area contributed by atoms with Crippen LogP contribution in [0, 0.1) is 0 Å². The largest absolute Gasteiger partial charge is 0.394 e. The number of ether oxygens (including phenoxy) is 4. The molecule has 12 unspecified atom stereocenters. The van der Waals surface area contributed by atoms with Gasteiger partial charge in [0.05, 0.1) is 32.0 Å². The van der Waals surface area contributed by atoms with Crippen molar-refractivity contribution in [2.24, 2.45) is 0 Å². The van der Waals surface area contributed by atoms with Crippen molar-refractivity contribution < 1.29 is 64.6 Å². The number of aliphatic hydroxyl groups is 8. The molecule has 2 rings (SSSR count). The van der Waals surface area contributed by atoms with Crippen molar-refractivity contribution in [3.05, 3.63) is 12.2 Å². The van der Waals surface area contributed by atoms with Crippen LogP contribution in [0.5, 0.6) is 0 Å². The Hall–Kier alpha value is -1.27. The normalized spacial score (nSPS) is 24.9. The van der Waals surface area contributed by atoms with Crippen LogP contribution in [0.15, 0.2) is 12.2 Å². The van der Waals surface area contributed by atoms with Crippen LogP contribution in [0.3, 0.4) is 0 Å². The number of amides is 1. The van der Waals surface area contributed by atoms with E-state index in [0.717, 1.165) is 38.5 Å². The van der Waals surface area contributed by atoms with Gasteiger partial charge in [-0.05, 0) is 19.3 Å². The van der Waals surface area contributed by atoms with Crippen molar-refractivity contribution in [3.63, 3.8) is 0 Å². The van der Waals surface area contributed by atoms with E-state index in [2.05, 4.69) is 19.2 Å². The fraction of sp³-hybridized carbons (Fsp3) is 0.952. The predicted molar refractivity (Wildman–Crippen MR) is 305 cm³/mol. The van der Waals surface area contributed by atoms with Crippen LogP contribution in [-0.4, -0.2) is 140 Å². The Morgan fingerprint density at radius 3 is 1.21 bits per heavy atom. The van der Waals surface area contributed by atoms with Crippen LogP contribution in [0.4, 0.5) is 0 Å². The lowest BCUT2D eigenvalue weighted by Gasteiger charge is -2.46. The Bertz CT molecular complexity index is 1330. The van der Waals surface area contributed by atoms with Crippen molar-refractivity contribution >= 4 is 5.91 Å². The summed E-state index contributed by atoms with van der Waals surface area (Å²) >= 11 is 0. The van der Waals surface area contributed by atoms with Crippen molar-refractivity contribution in [2.75, 3.05) is 19.8 Å². The van der Waals surface area contributed by atoms with E-state index in [0.29, 0.717) is 6.42 Å². The Morgan fingerprint density at radius 1 is 0.461 bits per heavy atom. The zero-order valence-electron chi connectivity index (χ0n) is 48.5. The zero-order valence-corrected chi connectivity index (χ0v) is 48.5. The van der Waals surface area contributed by atoms with Crippen LogP contribution in [-0.2, 0) is 23.7 Å². The molecule has 12 atom stereocenters. The topological polar surface area (TPSA) is 228 Å². The van der Waals surface area contributed by atoms with Gasteiger partial charge in [-0.3, -0.25) is 4.79 Å². The smallest absolute Gasteiger partial charge is 0.220 e. The molecule has 2 saturated heterocycles. The molecule has 76 heavy (non-hydrogen) atoms. The third-order valence-corrected chi connectivity index (χ3v) is 16.0. The summed E-state index contributed by atoms with van der Waals surface area (Å²) in [5, 5.41) is 87.2. The van der Waals surface area contributed by atoms with Gasteiger partial charge in [0, 0.05) is 6.42 Å². The van der Waals surface area contributed by atoms with Gasteiger partial charge in [-0.2, -0.15) is 0 Å². The highest BCUT2D eigenvalue weighted by molar-refractivity contribution is 5.76. The number of carbonyl (C=O) groups excluding carboxylic acids is 1. The van der Waals surface area contributed by atoms with Crippen LogP contribution in [0.1, 0.15) is 284 Å². The molecule has 0 aromatic heterocycles. The van der Waals surface area contributed by atoms with Gasteiger partial charge >= 0.3 is 0 Å². The molecule has 14 nitrogen and oxygen atoms in total. The van der Waals surface area contributed by atoms with Crippen LogP contribution >= 0.6 is 0 Å². The summed E-state index contributed by atoms with van der Waals surface area (Å²) < 4.78 is 22.8. The van der Waals surface area contributed by atoms with Crippen molar-refractivity contribution in [1.29, 1.82) is 0 Å². The van der Waals surface area contributed by atoms with E-state index < -0.39 is 86.8 Å². The summed E-state index contributed by atoms with van der Waals surface area (Å²) in [5.41, 5.74) is 0. The Kier molecular flexibility index (Phi) is 45.1. The maximum absolute atomic E-state index is 13.3. The van der Waals surface area contributed by atoms with Crippen LogP contribution < -0.4 is 5.32 Å². The number of allylic oxidation sites excluding steroid dienone is 1. The summed E-state index contributed by atoms with van der Waals surface area (Å²) in [6.07, 6.45) is 39.6. The minimum atomic E-state index is -1.79. The molecule has 450 valence electrons. The number of hydrogen-bond donors (Lipinski definition) is 9. The average molecular weight is 1090 g/mol. The highest BCUT2D eigenvalue weighted by Gasteiger charge is 2.51. The molecule has 14 heteroatoms. The third kappa shape index (κ3) is 33.5. The molecule has 0 saturated carbocycles. The van der Waals surface area contributed by atoms with Crippen molar-refractivity contribution in [1.82, 2.24) is 5.32 Å². The van der Waals surface area contributed by atoms with Gasteiger partial charge in [-0.15, -0.1) is 0 Å².